The molecule has 35 heavy (non-hydrogen) atoms. The molecule has 0 aromatic heterocycles. The van der Waals surface area contributed by atoms with E-state index in [-0.39, 0.29) is 6.54 Å². The molecule has 1 N–H and O–H groups in total. The second kappa shape index (κ2) is 26.6. The maximum absolute atomic E-state index is 9.95. The highest BCUT2D eigenvalue weighted by Gasteiger charge is 2.41. The van der Waals surface area contributed by atoms with Gasteiger partial charge < -0.3 is 14.6 Å². The van der Waals surface area contributed by atoms with Crippen molar-refractivity contribution < 1.29 is 14.6 Å². The molecular formula is C29H58BNO4. The Hall–Kier alpha value is -0.455. The van der Waals surface area contributed by atoms with Crippen molar-refractivity contribution in [3.05, 3.63) is 4.91 Å². The van der Waals surface area contributed by atoms with E-state index in [2.05, 4.69) is 19.0 Å². The lowest BCUT2D eigenvalue weighted by atomic mass is 9.93. The molecule has 1 rings (SSSR count). The first-order valence-electron chi connectivity index (χ1n) is 15.1. The van der Waals surface area contributed by atoms with Crippen LogP contribution in [0.25, 0.3) is 0 Å². The minimum Gasteiger partial charge on any atom is -0.388 e. The number of aliphatic hydroxyl groups is 1. The largest absolute Gasteiger partial charge is 0.388 e. The van der Waals surface area contributed by atoms with Crippen LogP contribution in [0.5, 0.6) is 0 Å². The number of hydrogen-bond donors (Lipinski definition) is 1. The van der Waals surface area contributed by atoms with Crippen molar-refractivity contribution in [2.75, 3.05) is 13.2 Å². The molecule has 5 nitrogen and oxygen atoms in total. The molecule has 0 bridgehead atoms. The van der Waals surface area contributed by atoms with E-state index in [0.717, 1.165) is 0 Å². The van der Waals surface area contributed by atoms with Crippen LogP contribution in [-0.4, -0.2) is 50.4 Å². The first-order chi connectivity index (χ1) is 17.1. The van der Waals surface area contributed by atoms with E-state index >= 15 is 0 Å². The fourth-order valence-corrected chi connectivity index (χ4v) is 4.70. The van der Waals surface area contributed by atoms with Crippen LogP contribution in [0.3, 0.4) is 0 Å². The number of aliphatic hydroxyl groups excluding tert-OH is 1. The molecule has 0 saturated carbocycles. The monoisotopic (exact) mass is 495 g/mol. The van der Waals surface area contributed by atoms with Crippen LogP contribution in [0, 0.1) is 4.91 Å². The van der Waals surface area contributed by atoms with Crippen LogP contribution < -0.4 is 0 Å². The molecule has 1 aliphatic heterocycles. The molecule has 2 radical (unpaired) electrons. The zero-order valence-electron chi connectivity index (χ0n) is 23.6. The third kappa shape index (κ3) is 20.3. The highest BCUT2D eigenvalue weighted by Crippen LogP contribution is 2.22. The second-order valence-corrected chi connectivity index (χ2v) is 10.2. The molecule has 1 aliphatic rings. The molecule has 206 valence electrons. The molecule has 4 atom stereocenters. The third-order valence-electron chi connectivity index (χ3n) is 6.94. The SMILES string of the molecule is CCCCCCCCCCCCCCCCCCCCCC.[B]C1OC(CN=O)C(O)C1OCC. The van der Waals surface area contributed by atoms with E-state index in [1.165, 1.54) is 128 Å². The average molecular weight is 496 g/mol. The molecule has 0 aromatic rings. The van der Waals surface area contributed by atoms with Gasteiger partial charge in [-0.3, -0.25) is 0 Å². The number of rotatable bonds is 23. The zero-order valence-corrected chi connectivity index (χ0v) is 23.6. The van der Waals surface area contributed by atoms with Gasteiger partial charge in [0.2, 0.25) is 0 Å². The summed E-state index contributed by atoms with van der Waals surface area (Å²) >= 11 is 0. The number of hydrogen-bond acceptors (Lipinski definition) is 5. The predicted octanol–water partition coefficient (Wildman–Crippen LogP) is 8.24. The molecule has 0 spiro atoms. The molecular weight excluding hydrogens is 437 g/mol. The third-order valence-corrected chi connectivity index (χ3v) is 6.94. The van der Waals surface area contributed by atoms with Gasteiger partial charge in [-0.25, -0.2) is 0 Å². The lowest BCUT2D eigenvalue weighted by Gasteiger charge is -2.17. The van der Waals surface area contributed by atoms with Crippen LogP contribution in [0.4, 0.5) is 0 Å². The second-order valence-electron chi connectivity index (χ2n) is 10.2. The Morgan fingerprint density at radius 3 is 1.31 bits per heavy atom. The van der Waals surface area contributed by atoms with Gasteiger partial charge in [0.1, 0.15) is 32.7 Å². The normalized spacial score (nSPS) is 21.6. The Kier molecular flexibility index (Phi) is 26.3. The van der Waals surface area contributed by atoms with Gasteiger partial charge in [-0.05, 0) is 6.92 Å². The number of unbranched alkanes of at least 4 members (excludes halogenated alkanes) is 19. The molecule has 0 aromatic carbocycles. The molecule has 0 amide bonds. The number of ether oxygens (including phenoxy) is 2. The maximum Gasteiger partial charge on any atom is 0.112 e. The van der Waals surface area contributed by atoms with Gasteiger partial charge in [0.15, 0.2) is 0 Å². The molecule has 4 unspecified atom stereocenters. The van der Waals surface area contributed by atoms with Gasteiger partial charge in [0.05, 0.1) is 0 Å². The fraction of sp³-hybridized carbons (Fsp3) is 1.00. The smallest absolute Gasteiger partial charge is 0.112 e. The summed E-state index contributed by atoms with van der Waals surface area (Å²) in [5.74, 6) is 0. The Morgan fingerprint density at radius 1 is 0.686 bits per heavy atom. The summed E-state index contributed by atoms with van der Waals surface area (Å²) in [7, 11) is 5.53. The average Bonchev–Trinajstić information content (AvgIpc) is 3.12. The Morgan fingerprint density at radius 2 is 1.03 bits per heavy atom. The standard InChI is InChI=1S/C22H46.C7H12BNO4/c1-3-5-7-9-11-13-15-17-19-21-22-20-18-16-14-12-10-8-6-4-2;1-2-12-6-5(10)4(3-9-11)13-7(6)8/h3-22H2,1-2H3;4-7,10H,2-3H2,1H3. The lowest BCUT2D eigenvalue weighted by molar-refractivity contribution is -0.0157. The van der Waals surface area contributed by atoms with Crippen molar-refractivity contribution in [2.24, 2.45) is 5.18 Å². The molecule has 6 heteroatoms. The van der Waals surface area contributed by atoms with Crippen molar-refractivity contribution >= 4 is 7.85 Å². The van der Waals surface area contributed by atoms with E-state index in [1.807, 2.05) is 0 Å². The summed E-state index contributed by atoms with van der Waals surface area (Å²) in [6, 6.07) is -0.679. The minimum absolute atomic E-state index is 0.0988. The predicted molar refractivity (Wildman–Crippen MR) is 150 cm³/mol. The van der Waals surface area contributed by atoms with Crippen LogP contribution in [0.1, 0.15) is 149 Å². The van der Waals surface area contributed by atoms with E-state index in [0.29, 0.717) is 6.61 Å². The van der Waals surface area contributed by atoms with E-state index < -0.39 is 24.3 Å². The van der Waals surface area contributed by atoms with E-state index in [9.17, 15) is 10.0 Å². The quantitative estimate of drug-likeness (QED) is 0.0880. The van der Waals surface area contributed by atoms with Crippen molar-refractivity contribution in [3.63, 3.8) is 0 Å². The topological polar surface area (TPSA) is 68.1 Å². The molecule has 0 aliphatic carbocycles. The minimum atomic E-state index is -0.868. The summed E-state index contributed by atoms with van der Waals surface area (Å²) in [6.45, 7) is 6.74. The molecule has 1 heterocycles. The van der Waals surface area contributed by atoms with Crippen molar-refractivity contribution in [3.8, 4) is 0 Å². The van der Waals surface area contributed by atoms with E-state index in [4.69, 9.17) is 17.3 Å². The van der Waals surface area contributed by atoms with Crippen molar-refractivity contribution in [1.29, 1.82) is 0 Å². The van der Waals surface area contributed by atoms with Gasteiger partial charge >= 0.3 is 0 Å². The van der Waals surface area contributed by atoms with Gasteiger partial charge in [-0.15, -0.1) is 0 Å². The highest BCUT2D eigenvalue weighted by atomic mass is 16.6. The van der Waals surface area contributed by atoms with Crippen molar-refractivity contribution in [2.45, 2.75) is 174 Å². The van der Waals surface area contributed by atoms with Crippen molar-refractivity contribution in [1.82, 2.24) is 0 Å². The summed E-state index contributed by atoms with van der Waals surface area (Å²) in [6.07, 6.45) is 27.3. The Bertz CT molecular complexity index is 421. The van der Waals surface area contributed by atoms with Crippen LogP contribution in [0.2, 0.25) is 0 Å². The molecule has 1 fully saturated rings. The lowest BCUT2D eigenvalue weighted by Crippen LogP contribution is -2.36. The summed E-state index contributed by atoms with van der Waals surface area (Å²) in [5.41, 5.74) is 0. The summed E-state index contributed by atoms with van der Waals surface area (Å²) < 4.78 is 10.2. The summed E-state index contributed by atoms with van der Waals surface area (Å²) in [5, 5.41) is 12.2. The maximum atomic E-state index is 9.95. The van der Waals surface area contributed by atoms with Gasteiger partial charge in [0.25, 0.3) is 0 Å². The van der Waals surface area contributed by atoms with Crippen LogP contribution in [-0.2, 0) is 9.47 Å². The van der Waals surface area contributed by atoms with Crippen LogP contribution in [0.15, 0.2) is 5.18 Å². The Balaban J connectivity index is 0.000000750. The number of nitrogens with zero attached hydrogens (tertiary/aromatic N) is 1. The first-order valence-corrected chi connectivity index (χ1v) is 15.1. The molecule has 1 saturated heterocycles. The highest BCUT2D eigenvalue weighted by molar-refractivity contribution is 6.11. The van der Waals surface area contributed by atoms with Gasteiger partial charge in [-0.1, -0.05) is 147 Å². The first kappa shape index (κ1) is 34.5. The number of nitroso groups, excluding NO2 is 1. The van der Waals surface area contributed by atoms with Gasteiger partial charge in [0, 0.05) is 12.6 Å². The zero-order chi connectivity index (χ0) is 26.0. The van der Waals surface area contributed by atoms with Gasteiger partial charge in [-0.2, -0.15) is 4.91 Å². The van der Waals surface area contributed by atoms with Crippen LogP contribution >= 0.6 is 0 Å². The fourth-order valence-electron chi connectivity index (χ4n) is 4.70. The Labute approximate surface area is 219 Å². The summed E-state index contributed by atoms with van der Waals surface area (Å²) in [4.78, 5) is 9.95. The van der Waals surface area contributed by atoms with E-state index in [1.54, 1.807) is 6.92 Å².